The molecule has 2 atom stereocenters. The van der Waals surface area contributed by atoms with Gasteiger partial charge in [-0.2, -0.15) is 0 Å². The van der Waals surface area contributed by atoms with Gasteiger partial charge in [0.25, 0.3) is 0 Å². The minimum atomic E-state index is 0.605. The second-order valence-electron chi connectivity index (χ2n) is 8.56. The van der Waals surface area contributed by atoms with E-state index in [2.05, 4.69) is 74.6 Å². The van der Waals surface area contributed by atoms with Crippen LogP contribution >= 0.6 is 0 Å². The summed E-state index contributed by atoms with van der Waals surface area (Å²) in [5.74, 6) is 1.88. The first-order valence-electron chi connectivity index (χ1n) is 9.42. The van der Waals surface area contributed by atoms with Gasteiger partial charge in [0.1, 0.15) is 0 Å². The van der Waals surface area contributed by atoms with Gasteiger partial charge < -0.3 is 5.32 Å². The van der Waals surface area contributed by atoms with Crippen LogP contribution in [-0.4, -0.2) is 6.04 Å². The lowest BCUT2D eigenvalue weighted by Crippen LogP contribution is -2.55. The molecule has 0 aliphatic heterocycles. The van der Waals surface area contributed by atoms with Crippen LogP contribution in [0.4, 0.5) is 0 Å². The number of fused-ring (bicyclic) bond motifs is 2. The van der Waals surface area contributed by atoms with Gasteiger partial charge in [0, 0.05) is 12.6 Å². The zero-order valence-electron chi connectivity index (χ0n) is 15.2. The second kappa shape index (κ2) is 6.04. The highest BCUT2D eigenvalue weighted by atomic mass is 14.9. The Labute approximate surface area is 146 Å². The minimum absolute atomic E-state index is 0.605. The maximum Gasteiger partial charge on any atom is 0.0208 e. The Morgan fingerprint density at radius 2 is 1.38 bits per heavy atom. The summed E-state index contributed by atoms with van der Waals surface area (Å²) in [7, 11) is 0. The molecule has 2 bridgehead atoms. The van der Waals surface area contributed by atoms with Crippen LogP contribution in [0.5, 0.6) is 0 Å². The summed E-state index contributed by atoms with van der Waals surface area (Å²) < 4.78 is 0. The first kappa shape index (κ1) is 15.9. The van der Waals surface area contributed by atoms with E-state index in [9.17, 15) is 0 Å². The van der Waals surface area contributed by atoms with Crippen LogP contribution in [0.25, 0.3) is 11.1 Å². The van der Waals surface area contributed by atoms with E-state index in [1.54, 1.807) is 0 Å². The lowest BCUT2D eigenvalue weighted by Gasteiger charge is -2.59. The lowest BCUT2D eigenvalue weighted by atomic mass is 9.48. The van der Waals surface area contributed by atoms with Crippen LogP contribution < -0.4 is 5.32 Å². The molecule has 0 aromatic heterocycles. The molecule has 24 heavy (non-hydrogen) atoms. The molecule has 0 amide bonds. The summed E-state index contributed by atoms with van der Waals surface area (Å²) in [6, 6.07) is 18.6. The fraction of sp³-hybridized carbons (Fsp3) is 0.478. The molecule has 3 aliphatic carbocycles. The smallest absolute Gasteiger partial charge is 0.0208 e. The Morgan fingerprint density at radius 3 is 1.92 bits per heavy atom. The van der Waals surface area contributed by atoms with Gasteiger partial charge in [-0.3, -0.25) is 0 Å². The first-order chi connectivity index (χ1) is 11.5. The summed E-state index contributed by atoms with van der Waals surface area (Å²) in [6.07, 6.45) is 4.20. The maximum atomic E-state index is 3.80. The Balaban J connectivity index is 1.34. The number of rotatable bonds is 4. The molecule has 0 heterocycles. The number of benzene rings is 2. The second-order valence-corrected chi connectivity index (χ2v) is 8.56. The van der Waals surface area contributed by atoms with Crippen molar-refractivity contribution >= 4 is 0 Å². The highest BCUT2D eigenvalue weighted by Crippen LogP contribution is 2.59. The first-order valence-corrected chi connectivity index (χ1v) is 9.42. The van der Waals surface area contributed by atoms with Crippen molar-refractivity contribution in [3.8, 4) is 11.1 Å². The van der Waals surface area contributed by atoms with Crippen molar-refractivity contribution in [1.29, 1.82) is 0 Å². The van der Waals surface area contributed by atoms with Crippen LogP contribution in [0.1, 0.15) is 44.2 Å². The average Bonchev–Trinajstić information content (AvgIpc) is 2.61. The quantitative estimate of drug-likeness (QED) is 0.776. The highest BCUT2D eigenvalue weighted by Gasteiger charge is 2.52. The van der Waals surface area contributed by atoms with Crippen LogP contribution in [0.3, 0.4) is 0 Å². The molecular weight excluding hydrogens is 290 g/mol. The van der Waals surface area contributed by atoms with Crippen molar-refractivity contribution < 1.29 is 0 Å². The summed E-state index contributed by atoms with van der Waals surface area (Å²) in [4.78, 5) is 0. The minimum Gasteiger partial charge on any atom is -0.310 e. The van der Waals surface area contributed by atoms with E-state index in [0.29, 0.717) is 5.41 Å². The standard InChI is InChI=1S/C23H29N/c1-16-4-8-18(9-5-16)19-10-6-17(7-11-19)15-24-22-13-20-12-21(14-22)23(20,2)3/h4-11,20-22,24H,12-15H2,1-3H3. The summed E-state index contributed by atoms with van der Waals surface area (Å²) in [5.41, 5.74) is 5.92. The largest absolute Gasteiger partial charge is 0.310 e. The molecule has 1 N–H and O–H groups in total. The van der Waals surface area contributed by atoms with E-state index in [1.165, 1.54) is 41.5 Å². The Bertz CT molecular complexity index is 682. The molecule has 1 nitrogen and oxygen atoms in total. The molecule has 0 radical (unpaired) electrons. The van der Waals surface area contributed by atoms with Crippen LogP contribution in [0, 0.1) is 24.2 Å². The van der Waals surface area contributed by atoms with E-state index in [-0.39, 0.29) is 0 Å². The predicted molar refractivity (Wildman–Crippen MR) is 102 cm³/mol. The third-order valence-electron chi connectivity index (χ3n) is 6.75. The molecule has 1 heteroatoms. The van der Waals surface area contributed by atoms with Crippen molar-refractivity contribution in [2.75, 3.05) is 0 Å². The van der Waals surface area contributed by atoms with Crippen molar-refractivity contribution in [2.24, 2.45) is 17.3 Å². The predicted octanol–water partition coefficient (Wildman–Crippen LogP) is 5.58. The van der Waals surface area contributed by atoms with Gasteiger partial charge in [-0.25, -0.2) is 0 Å². The molecule has 0 spiro atoms. The van der Waals surface area contributed by atoms with Gasteiger partial charge in [-0.05, 0) is 60.1 Å². The van der Waals surface area contributed by atoms with Gasteiger partial charge >= 0.3 is 0 Å². The summed E-state index contributed by atoms with van der Waals surface area (Å²) in [5, 5.41) is 3.80. The zero-order valence-corrected chi connectivity index (χ0v) is 15.2. The van der Waals surface area contributed by atoms with Gasteiger partial charge in [0.05, 0.1) is 0 Å². The summed E-state index contributed by atoms with van der Waals surface area (Å²) >= 11 is 0. The maximum absolute atomic E-state index is 3.80. The van der Waals surface area contributed by atoms with Crippen molar-refractivity contribution in [3.05, 3.63) is 59.7 Å². The van der Waals surface area contributed by atoms with E-state index in [1.807, 2.05) is 0 Å². The van der Waals surface area contributed by atoms with Gasteiger partial charge in [0.2, 0.25) is 0 Å². The highest BCUT2D eigenvalue weighted by molar-refractivity contribution is 5.63. The number of nitrogens with one attached hydrogen (secondary N) is 1. The number of hydrogen-bond donors (Lipinski definition) is 1. The Morgan fingerprint density at radius 1 is 0.833 bits per heavy atom. The molecule has 3 saturated carbocycles. The molecule has 5 rings (SSSR count). The molecule has 3 fully saturated rings. The van der Waals surface area contributed by atoms with Gasteiger partial charge in [0.15, 0.2) is 0 Å². The molecule has 126 valence electrons. The normalized spacial score (nSPS) is 27.5. The Hall–Kier alpha value is -1.60. The summed E-state index contributed by atoms with van der Waals surface area (Å²) in [6.45, 7) is 8.06. The number of aryl methyl sites for hydroxylation is 1. The molecule has 2 aromatic carbocycles. The molecule has 2 unspecified atom stereocenters. The van der Waals surface area contributed by atoms with E-state index >= 15 is 0 Å². The SMILES string of the molecule is Cc1ccc(-c2ccc(CNC3CC4CC(C3)C4(C)C)cc2)cc1. The van der Waals surface area contributed by atoms with E-state index < -0.39 is 0 Å². The van der Waals surface area contributed by atoms with E-state index in [0.717, 1.165) is 24.4 Å². The molecular formula is C23H29N. The fourth-order valence-electron chi connectivity index (χ4n) is 4.70. The van der Waals surface area contributed by atoms with Crippen molar-refractivity contribution in [3.63, 3.8) is 0 Å². The van der Waals surface area contributed by atoms with Gasteiger partial charge in [-0.1, -0.05) is 67.9 Å². The average molecular weight is 319 g/mol. The third-order valence-corrected chi connectivity index (χ3v) is 6.75. The molecule has 2 aromatic rings. The lowest BCUT2D eigenvalue weighted by molar-refractivity contribution is -0.0787. The van der Waals surface area contributed by atoms with Crippen LogP contribution in [0.2, 0.25) is 0 Å². The monoisotopic (exact) mass is 319 g/mol. The van der Waals surface area contributed by atoms with Gasteiger partial charge in [-0.15, -0.1) is 0 Å². The fourth-order valence-corrected chi connectivity index (χ4v) is 4.70. The van der Waals surface area contributed by atoms with Crippen molar-refractivity contribution in [1.82, 2.24) is 5.32 Å². The zero-order chi connectivity index (χ0) is 16.7. The van der Waals surface area contributed by atoms with E-state index in [4.69, 9.17) is 0 Å². The third kappa shape index (κ3) is 2.91. The number of hydrogen-bond acceptors (Lipinski definition) is 1. The molecule has 3 aliphatic rings. The van der Waals surface area contributed by atoms with Crippen molar-refractivity contribution in [2.45, 2.75) is 52.6 Å². The van der Waals surface area contributed by atoms with Crippen LogP contribution in [0.15, 0.2) is 48.5 Å². The van der Waals surface area contributed by atoms with Crippen LogP contribution in [-0.2, 0) is 6.54 Å². The Kier molecular flexibility index (Phi) is 4.00. The molecule has 0 saturated heterocycles. The topological polar surface area (TPSA) is 12.0 Å².